The Morgan fingerprint density at radius 1 is 1.28 bits per heavy atom. The van der Waals surface area contributed by atoms with Crippen molar-refractivity contribution in [3.05, 3.63) is 52.4 Å². The fourth-order valence-electron chi connectivity index (χ4n) is 1.62. The van der Waals surface area contributed by atoms with Gasteiger partial charge in [0.25, 0.3) is 0 Å². The Bertz CT molecular complexity index is 495. The van der Waals surface area contributed by atoms with Gasteiger partial charge in [-0.2, -0.15) is 0 Å². The van der Waals surface area contributed by atoms with Crippen LogP contribution >= 0.6 is 31.9 Å². The third-order valence-corrected chi connectivity index (χ3v) is 4.22. The Labute approximate surface area is 124 Å². The van der Waals surface area contributed by atoms with Crippen molar-refractivity contribution < 1.29 is 9.15 Å². The number of rotatable bonds is 5. The van der Waals surface area contributed by atoms with E-state index in [1.807, 2.05) is 12.1 Å². The second-order valence-corrected chi connectivity index (χ2v) is 5.73. The van der Waals surface area contributed by atoms with Gasteiger partial charge in [-0.05, 0) is 46.1 Å². The summed E-state index contributed by atoms with van der Waals surface area (Å²) in [5.74, 6) is 0.882. The van der Waals surface area contributed by atoms with E-state index in [1.54, 1.807) is 12.5 Å². The number of hydrogen-bond acceptors (Lipinski definition) is 2. The topological polar surface area (TPSA) is 22.4 Å². The Hall–Kier alpha value is -0.740. The average molecular weight is 374 g/mol. The quantitative estimate of drug-likeness (QED) is 0.662. The maximum absolute atomic E-state index is 5.63. The third kappa shape index (κ3) is 3.18. The molecule has 18 heavy (non-hydrogen) atoms. The van der Waals surface area contributed by atoms with E-state index in [4.69, 9.17) is 9.15 Å². The molecule has 0 aliphatic carbocycles. The van der Waals surface area contributed by atoms with Crippen LogP contribution in [-0.2, 0) is 0 Å². The molecule has 0 radical (unpaired) electrons. The zero-order valence-electron chi connectivity index (χ0n) is 10.0. The molecule has 0 aliphatic rings. The summed E-state index contributed by atoms with van der Waals surface area (Å²) in [4.78, 5) is 0.132. The van der Waals surface area contributed by atoms with Crippen LogP contribution in [0.1, 0.15) is 29.3 Å². The fraction of sp³-hybridized carbons (Fsp3) is 0.286. The Morgan fingerprint density at radius 3 is 2.72 bits per heavy atom. The average Bonchev–Trinajstić information content (AvgIpc) is 2.90. The largest absolute Gasteiger partial charge is 0.492 e. The summed E-state index contributed by atoms with van der Waals surface area (Å²) < 4.78 is 11.7. The smallest absolute Gasteiger partial charge is 0.133 e. The highest BCUT2D eigenvalue weighted by atomic mass is 79.9. The number of hydrogen-bond donors (Lipinski definition) is 0. The molecule has 4 heteroatoms. The van der Waals surface area contributed by atoms with Gasteiger partial charge in [-0.15, -0.1) is 0 Å². The monoisotopic (exact) mass is 372 g/mol. The highest BCUT2D eigenvalue weighted by Gasteiger charge is 2.13. The van der Waals surface area contributed by atoms with Crippen LogP contribution < -0.4 is 4.74 Å². The molecule has 1 aromatic carbocycles. The zero-order chi connectivity index (χ0) is 13.0. The third-order valence-electron chi connectivity index (χ3n) is 2.55. The van der Waals surface area contributed by atoms with Gasteiger partial charge in [0.05, 0.1) is 28.4 Å². The molecule has 0 spiro atoms. The molecular formula is C14H14Br2O2. The molecule has 1 atom stereocenters. The molecule has 1 aromatic heterocycles. The van der Waals surface area contributed by atoms with Gasteiger partial charge in [0.2, 0.25) is 0 Å². The van der Waals surface area contributed by atoms with Crippen molar-refractivity contribution >= 4 is 31.9 Å². The second-order valence-electron chi connectivity index (χ2n) is 3.96. The SMILES string of the molecule is CCCOc1ccc(C(Br)c2ccoc2)cc1Br. The van der Waals surface area contributed by atoms with Gasteiger partial charge in [0, 0.05) is 5.56 Å². The normalized spacial score (nSPS) is 12.4. The van der Waals surface area contributed by atoms with Gasteiger partial charge >= 0.3 is 0 Å². The summed E-state index contributed by atoms with van der Waals surface area (Å²) in [6.07, 6.45) is 4.43. The van der Waals surface area contributed by atoms with Gasteiger partial charge in [-0.25, -0.2) is 0 Å². The predicted molar refractivity (Wildman–Crippen MR) is 79.4 cm³/mol. The minimum atomic E-state index is 0.132. The molecule has 0 amide bonds. The van der Waals surface area contributed by atoms with Gasteiger partial charge in [0.1, 0.15) is 5.75 Å². The molecule has 2 nitrogen and oxygen atoms in total. The second kappa shape index (κ2) is 6.43. The van der Waals surface area contributed by atoms with Gasteiger partial charge in [-0.1, -0.05) is 28.9 Å². The van der Waals surface area contributed by atoms with E-state index in [2.05, 4.69) is 50.9 Å². The first-order valence-electron chi connectivity index (χ1n) is 5.80. The summed E-state index contributed by atoms with van der Waals surface area (Å²) in [6, 6.07) is 8.07. The van der Waals surface area contributed by atoms with Crippen molar-refractivity contribution in [2.45, 2.75) is 18.2 Å². The first-order valence-corrected chi connectivity index (χ1v) is 7.51. The highest BCUT2D eigenvalue weighted by molar-refractivity contribution is 9.10. The lowest BCUT2D eigenvalue weighted by Crippen LogP contribution is -1.97. The van der Waals surface area contributed by atoms with Gasteiger partial charge in [0.15, 0.2) is 0 Å². The van der Waals surface area contributed by atoms with E-state index < -0.39 is 0 Å². The minimum Gasteiger partial charge on any atom is -0.492 e. The molecule has 0 saturated carbocycles. The molecular weight excluding hydrogens is 360 g/mol. The molecule has 0 fully saturated rings. The van der Waals surface area contributed by atoms with E-state index in [0.717, 1.165) is 34.4 Å². The lowest BCUT2D eigenvalue weighted by Gasteiger charge is -2.12. The van der Waals surface area contributed by atoms with Crippen molar-refractivity contribution in [1.82, 2.24) is 0 Å². The number of benzene rings is 1. The van der Waals surface area contributed by atoms with E-state index in [-0.39, 0.29) is 4.83 Å². The standard InChI is InChI=1S/C14H14Br2O2/c1-2-6-18-13-4-3-10(8-12(13)15)14(16)11-5-7-17-9-11/h3-5,7-9,14H,2,6H2,1H3. The lowest BCUT2D eigenvalue weighted by molar-refractivity contribution is 0.315. The van der Waals surface area contributed by atoms with Crippen LogP contribution in [0.2, 0.25) is 0 Å². The van der Waals surface area contributed by atoms with Gasteiger partial charge < -0.3 is 9.15 Å². The molecule has 0 aliphatic heterocycles. The first kappa shape index (κ1) is 13.7. The van der Waals surface area contributed by atoms with Crippen molar-refractivity contribution in [3.8, 4) is 5.75 Å². The number of furan rings is 1. The Morgan fingerprint density at radius 2 is 2.11 bits per heavy atom. The van der Waals surface area contributed by atoms with Crippen LogP contribution in [0.3, 0.4) is 0 Å². The van der Waals surface area contributed by atoms with Crippen LogP contribution in [0.5, 0.6) is 5.75 Å². The first-order chi connectivity index (χ1) is 8.72. The summed E-state index contributed by atoms with van der Waals surface area (Å²) in [6.45, 7) is 2.83. The van der Waals surface area contributed by atoms with Crippen molar-refractivity contribution in [2.24, 2.45) is 0 Å². The Balaban J connectivity index is 2.18. The van der Waals surface area contributed by atoms with Crippen molar-refractivity contribution in [2.75, 3.05) is 6.61 Å². The van der Waals surface area contributed by atoms with Crippen LogP contribution in [0, 0.1) is 0 Å². The van der Waals surface area contributed by atoms with Crippen LogP contribution in [0.4, 0.5) is 0 Å². The number of alkyl halides is 1. The van der Waals surface area contributed by atoms with E-state index in [1.165, 1.54) is 0 Å². The van der Waals surface area contributed by atoms with Crippen LogP contribution in [0.15, 0.2) is 45.7 Å². The fourth-order valence-corrected chi connectivity index (χ4v) is 2.67. The molecule has 1 heterocycles. The van der Waals surface area contributed by atoms with E-state index in [9.17, 15) is 0 Å². The molecule has 0 saturated heterocycles. The summed E-state index contributed by atoms with van der Waals surface area (Å²) in [7, 11) is 0. The molecule has 0 bridgehead atoms. The number of ether oxygens (including phenoxy) is 1. The molecule has 1 unspecified atom stereocenters. The van der Waals surface area contributed by atoms with Gasteiger partial charge in [-0.3, -0.25) is 0 Å². The number of halogens is 2. The molecule has 96 valence electrons. The predicted octanol–water partition coefficient (Wildman–Crippen LogP) is 5.32. The zero-order valence-corrected chi connectivity index (χ0v) is 13.2. The summed E-state index contributed by atoms with van der Waals surface area (Å²) in [5, 5.41) is 0. The Kier molecular flexibility index (Phi) is 4.89. The van der Waals surface area contributed by atoms with Crippen LogP contribution in [0.25, 0.3) is 0 Å². The van der Waals surface area contributed by atoms with Crippen molar-refractivity contribution in [3.63, 3.8) is 0 Å². The van der Waals surface area contributed by atoms with Crippen LogP contribution in [-0.4, -0.2) is 6.61 Å². The molecule has 0 N–H and O–H groups in total. The minimum absolute atomic E-state index is 0.132. The summed E-state index contributed by atoms with van der Waals surface area (Å²) >= 11 is 7.20. The van der Waals surface area contributed by atoms with Crippen molar-refractivity contribution in [1.29, 1.82) is 0 Å². The van der Waals surface area contributed by atoms with E-state index >= 15 is 0 Å². The summed E-state index contributed by atoms with van der Waals surface area (Å²) in [5.41, 5.74) is 2.26. The molecule has 2 aromatic rings. The lowest BCUT2D eigenvalue weighted by atomic mass is 10.1. The molecule has 2 rings (SSSR count). The maximum Gasteiger partial charge on any atom is 0.133 e. The maximum atomic E-state index is 5.63. The highest BCUT2D eigenvalue weighted by Crippen LogP contribution is 2.35. The van der Waals surface area contributed by atoms with E-state index in [0.29, 0.717) is 0 Å².